The number of aliphatic hydroxyl groups excluding tert-OH is 1. The number of fused-ring (bicyclic) bond motifs is 1. The van der Waals surface area contributed by atoms with Crippen LogP contribution in [0.5, 0.6) is 0 Å². The van der Waals surface area contributed by atoms with Gasteiger partial charge in [0.15, 0.2) is 0 Å². The third kappa shape index (κ3) is 1.66. The average Bonchev–Trinajstić information content (AvgIpc) is 2.33. The number of rotatable bonds is 1. The summed E-state index contributed by atoms with van der Waals surface area (Å²) in [6.45, 7) is -0.267. The zero-order valence-corrected chi connectivity index (χ0v) is 11.0. The Kier molecular flexibility index (Phi) is 3.05. The van der Waals surface area contributed by atoms with Crippen molar-refractivity contribution >= 4 is 43.4 Å². The van der Waals surface area contributed by atoms with Crippen molar-refractivity contribution in [3.8, 4) is 0 Å². The molecule has 0 aromatic carbocycles. The summed E-state index contributed by atoms with van der Waals surface area (Å²) in [6, 6.07) is 3.01. The molecule has 0 saturated heterocycles. The lowest BCUT2D eigenvalue weighted by molar-refractivity contribution is 0.0985. The van der Waals surface area contributed by atoms with Crippen molar-refractivity contribution < 1.29 is 14.7 Å². The van der Waals surface area contributed by atoms with E-state index in [1.165, 1.54) is 12.1 Å². The number of aromatic nitrogens is 1. The summed E-state index contributed by atoms with van der Waals surface area (Å²) in [5.74, 6) is -0.657. The summed E-state index contributed by atoms with van der Waals surface area (Å²) >= 11 is 6.09. The van der Waals surface area contributed by atoms with Crippen molar-refractivity contribution in [3.05, 3.63) is 38.0 Å². The van der Waals surface area contributed by atoms with E-state index in [4.69, 9.17) is 5.11 Å². The van der Waals surface area contributed by atoms with Gasteiger partial charge in [-0.3, -0.25) is 9.59 Å². The fourth-order valence-corrected chi connectivity index (χ4v) is 2.13. The lowest BCUT2D eigenvalue weighted by Crippen LogP contribution is -2.19. The van der Waals surface area contributed by atoms with Crippen LogP contribution in [-0.2, 0) is 6.61 Å². The molecular formula is C10H5Br2NO3. The Labute approximate surface area is 108 Å². The first kappa shape index (κ1) is 11.6. The van der Waals surface area contributed by atoms with Gasteiger partial charge in [-0.1, -0.05) is 0 Å². The third-order valence-electron chi connectivity index (χ3n) is 2.17. The second-order valence-electron chi connectivity index (χ2n) is 3.14. The Morgan fingerprint density at radius 2 is 1.75 bits per heavy atom. The van der Waals surface area contributed by atoms with Gasteiger partial charge >= 0.3 is 0 Å². The molecule has 0 aliphatic heterocycles. The maximum Gasteiger partial charge on any atom is 0.220 e. The van der Waals surface area contributed by atoms with Crippen LogP contribution in [0.1, 0.15) is 26.5 Å². The van der Waals surface area contributed by atoms with Crippen LogP contribution in [0.4, 0.5) is 0 Å². The maximum absolute atomic E-state index is 11.8. The second-order valence-corrected chi connectivity index (χ2v) is 4.73. The molecule has 1 aliphatic carbocycles. The fraction of sp³-hybridized carbons (Fsp3) is 0.100. The second kappa shape index (κ2) is 4.20. The molecule has 1 aliphatic rings. The standard InChI is InChI=1S/C10H5Br2NO3/c11-6-7(12)10(16)8-5(9(6)15)2-1-4(3-14)13-8/h1-2,14H,3H2. The number of pyridine rings is 1. The summed E-state index contributed by atoms with van der Waals surface area (Å²) in [5, 5.41) is 8.92. The van der Waals surface area contributed by atoms with E-state index >= 15 is 0 Å². The van der Waals surface area contributed by atoms with Crippen LogP contribution in [0.15, 0.2) is 21.1 Å². The Hall–Kier alpha value is -0.850. The molecule has 4 nitrogen and oxygen atoms in total. The SMILES string of the molecule is O=C1C(Br)=C(Br)C(=O)c2nc(CO)ccc21. The summed E-state index contributed by atoms with van der Waals surface area (Å²) in [6.07, 6.45) is 0. The fourth-order valence-electron chi connectivity index (χ4n) is 1.37. The smallest absolute Gasteiger partial charge is 0.220 e. The number of aliphatic hydroxyl groups is 1. The van der Waals surface area contributed by atoms with Crippen LogP contribution in [0.2, 0.25) is 0 Å². The molecule has 1 aromatic rings. The van der Waals surface area contributed by atoms with E-state index in [2.05, 4.69) is 36.8 Å². The normalized spacial score (nSPS) is 15.4. The van der Waals surface area contributed by atoms with Gasteiger partial charge in [-0.2, -0.15) is 0 Å². The molecule has 16 heavy (non-hydrogen) atoms. The van der Waals surface area contributed by atoms with Crippen LogP contribution in [0.25, 0.3) is 0 Å². The minimum atomic E-state index is -0.364. The van der Waals surface area contributed by atoms with Gasteiger partial charge in [0.2, 0.25) is 11.6 Å². The van der Waals surface area contributed by atoms with Crippen molar-refractivity contribution in [1.82, 2.24) is 4.98 Å². The van der Waals surface area contributed by atoms with E-state index < -0.39 is 0 Å². The van der Waals surface area contributed by atoms with Crippen molar-refractivity contribution in [1.29, 1.82) is 0 Å². The minimum Gasteiger partial charge on any atom is -0.390 e. The topological polar surface area (TPSA) is 67.3 Å². The highest BCUT2D eigenvalue weighted by Crippen LogP contribution is 2.31. The number of allylic oxidation sites excluding steroid dienone is 2. The molecule has 6 heteroatoms. The molecule has 0 spiro atoms. The van der Waals surface area contributed by atoms with Crippen LogP contribution in [0, 0.1) is 0 Å². The van der Waals surface area contributed by atoms with Gasteiger partial charge in [0.1, 0.15) is 5.69 Å². The molecule has 0 atom stereocenters. The average molecular weight is 347 g/mol. The zero-order valence-electron chi connectivity index (χ0n) is 7.83. The Bertz CT molecular complexity index is 537. The highest BCUT2D eigenvalue weighted by atomic mass is 79.9. The number of hydrogen-bond donors (Lipinski definition) is 1. The first-order valence-electron chi connectivity index (χ1n) is 4.31. The van der Waals surface area contributed by atoms with Crippen molar-refractivity contribution in [2.75, 3.05) is 0 Å². The molecule has 1 aromatic heterocycles. The minimum absolute atomic E-state index is 0.0756. The highest BCUT2D eigenvalue weighted by Gasteiger charge is 2.31. The number of hydrogen-bond acceptors (Lipinski definition) is 4. The Balaban J connectivity index is 2.67. The van der Waals surface area contributed by atoms with Crippen LogP contribution < -0.4 is 0 Å². The number of Topliss-reactive ketones (excluding diaryl/α,β-unsaturated/α-hetero) is 2. The largest absolute Gasteiger partial charge is 0.390 e. The summed E-state index contributed by atoms with van der Waals surface area (Å²) in [5.41, 5.74) is 0.683. The van der Waals surface area contributed by atoms with E-state index in [-0.39, 0.29) is 38.4 Å². The lowest BCUT2D eigenvalue weighted by atomic mass is 9.99. The number of ketones is 2. The molecule has 0 bridgehead atoms. The predicted molar refractivity (Wildman–Crippen MR) is 63.7 cm³/mol. The van der Waals surface area contributed by atoms with Gasteiger partial charge in [0.05, 0.1) is 26.8 Å². The van der Waals surface area contributed by atoms with Crippen molar-refractivity contribution in [2.45, 2.75) is 6.61 Å². The van der Waals surface area contributed by atoms with Gasteiger partial charge in [-0.15, -0.1) is 0 Å². The molecule has 0 fully saturated rings. The Morgan fingerprint density at radius 1 is 1.12 bits per heavy atom. The molecule has 0 unspecified atom stereocenters. The summed E-state index contributed by atoms with van der Waals surface area (Å²) in [4.78, 5) is 27.5. The lowest BCUT2D eigenvalue weighted by Gasteiger charge is -2.13. The number of halogens is 2. The van der Waals surface area contributed by atoms with Gasteiger partial charge in [0.25, 0.3) is 0 Å². The number of carbonyl (C=O) groups excluding carboxylic acids is 2. The number of nitrogens with zero attached hydrogens (tertiary/aromatic N) is 1. The molecule has 0 radical (unpaired) electrons. The molecule has 0 saturated carbocycles. The molecule has 2 rings (SSSR count). The highest BCUT2D eigenvalue weighted by molar-refractivity contribution is 9.14. The molecule has 82 valence electrons. The zero-order chi connectivity index (χ0) is 11.9. The van der Waals surface area contributed by atoms with Crippen molar-refractivity contribution in [2.24, 2.45) is 0 Å². The van der Waals surface area contributed by atoms with E-state index in [0.717, 1.165) is 0 Å². The van der Waals surface area contributed by atoms with E-state index in [0.29, 0.717) is 5.69 Å². The quantitative estimate of drug-likeness (QED) is 0.844. The van der Waals surface area contributed by atoms with Crippen LogP contribution in [0.3, 0.4) is 0 Å². The van der Waals surface area contributed by atoms with Crippen LogP contribution in [-0.4, -0.2) is 21.7 Å². The predicted octanol–water partition coefficient (Wildman–Crippen LogP) is 1.95. The molecule has 1 N–H and O–H groups in total. The van der Waals surface area contributed by atoms with Gasteiger partial charge in [0, 0.05) is 0 Å². The monoisotopic (exact) mass is 345 g/mol. The number of carbonyl (C=O) groups is 2. The van der Waals surface area contributed by atoms with Gasteiger partial charge < -0.3 is 5.11 Å². The van der Waals surface area contributed by atoms with E-state index in [1.54, 1.807) is 0 Å². The van der Waals surface area contributed by atoms with Gasteiger partial charge in [-0.05, 0) is 44.0 Å². The third-order valence-corrected chi connectivity index (χ3v) is 4.21. The van der Waals surface area contributed by atoms with E-state index in [1.807, 2.05) is 0 Å². The molecule has 0 amide bonds. The first-order chi connectivity index (χ1) is 7.56. The van der Waals surface area contributed by atoms with Crippen molar-refractivity contribution in [3.63, 3.8) is 0 Å². The van der Waals surface area contributed by atoms with Crippen LogP contribution >= 0.6 is 31.9 Å². The summed E-state index contributed by atoms with van der Waals surface area (Å²) < 4.78 is 0.358. The van der Waals surface area contributed by atoms with E-state index in [9.17, 15) is 9.59 Å². The van der Waals surface area contributed by atoms with Gasteiger partial charge in [-0.25, -0.2) is 4.98 Å². The summed E-state index contributed by atoms with van der Waals surface area (Å²) in [7, 11) is 0. The Morgan fingerprint density at radius 3 is 2.38 bits per heavy atom. The molecule has 1 heterocycles. The first-order valence-corrected chi connectivity index (χ1v) is 5.90. The molecular weight excluding hydrogens is 342 g/mol. The maximum atomic E-state index is 11.8.